The van der Waals surface area contributed by atoms with Gasteiger partial charge in [0.15, 0.2) is 0 Å². The molecule has 2 rings (SSSR count). The molecule has 2 aromatic carbocycles. The number of hydrogen-bond acceptors (Lipinski definition) is 3. The molecule has 0 atom stereocenters. The van der Waals surface area contributed by atoms with Gasteiger partial charge < -0.3 is 14.8 Å². The van der Waals surface area contributed by atoms with Gasteiger partial charge in [-0.3, -0.25) is 0 Å². The quantitative estimate of drug-likeness (QED) is 0.808. The molecule has 1 N–H and O–H groups in total. The second-order valence-electron chi connectivity index (χ2n) is 4.97. The van der Waals surface area contributed by atoms with E-state index in [0.717, 1.165) is 25.3 Å². The Kier molecular flexibility index (Phi) is 6.25. The number of nitrogens with one attached hydrogen (secondary N) is 1. The predicted octanol–water partition coefficient (Wildman–Crippen LogP) is 3.17. The molecule has 0 aliphatic carbocycles. The van der Waals surface area contributed by atoms with E-state index in [4.69, 9.17) is 9.47 Å². The molecule has 0 heterocycles. The van der Waals surface area contributed by atoms with Crippen LogP contribution in [-0.4, -0.2) is 20.8 Å². The van der Waals surface area contributed by atoms with Crippen LogP contribution in [0.2, 0.25) is 0 Å². The topological polar surface area (TPSA) is 30.5 Å². The lowest BCUT2D eigenvalue weighted by atomic mass is 10.1. The predicted molar refractivity (Wildman–Crippen MR) is 85.6 cm³/mol. The molecule has 0 unspecified atom stereocenters. The van der Waals surface area contributed by atoms with Crippen LogP contribution in [-0.2, 0) is 24.3 Å². The first-order valence-corrected chi connectivity index (χ1v) is 7.25. The van der Waals surface area contributed by atoms with Crippen molar-refractivity contribution in [1.82, 2.24) is 5.32 Å². The SMILES string of the molecule is CNCc1ccccc1COc1ccc(CCOC)cc1. The van der Waals surface area contributed by atoms with Crippen LogP contribution in [0.25, 0.3) is 0 Å². The molecule has 0 saturated carbocycles. The first-order valence-electron chi connectivity index (χ1n) is 7.25. The molecule has 0 aliphatic rings. The van der Waals surface area contributed by atoms with E-state index < -0.39 is 0 Å². The molecule has 21 heavy (non-hydrogen) atoms. The van der Waals surface area contributed by atoms with Crippen molar-refractivity contribution < 1.29 is 9.47 Å². The smallest absolute Gasteiger partial charge is 0.119 e. The van der Waals surface area contributed by atoms with Crippen molar-refractivity contribution >= 4 is 0 Å². The van der Waals surface area contributed by atoms with Crippen molar-refractivity contribution in [3.05, 3.63) is 65.2 Å². The first kappa shape index (κ1) is 15.5. The number of ether oxygens (including phenoxy) is 2. The van der Waals surface area contributed by atoms with Crippen molar-refractivity contribution in [3.63, 3.8) is 0 Å². The summed E-state index contributed by atoms with van der Waals surface area (Å²) in [5.41, 5.74) is 3.76. The van der Waals surface area contributed by atoms with Crippen molar-refractivity contribution in [2.75, 3.05) is 20.8 Å². The lowest BCUT2D eigenvalue weighted by molar-refractivity contribution is 0.202. The van der Waals surface area contributed by atoms with Gasteiger partial charge in [-0.1, -0.05) is 36.4 Å². The largest absolute Gasteiger partial charge is 0.489 e. The average molecular weight is 285 g/mol. The molecule has 0 saturated heterocycles. The molecule has 0 spiro atoms. The summed E-state index contributed by atoms with van der Waals surface area (Å²) in [6, 6.07) is 16.6. The third-order valence-corrected chi connectivity index (χ3v) is 3.40. The van der Waals surface area contributed by atoms with E-state index in [0.29, 0.717) is 6.61 Å². The minimum atomic E-state index is 0.593. The monoisotopic (exact) mass is 285 g/mol. The summed E-state index contributed by atoms with van der Waals surface area (Å²) in [5.74, 6) is 0.899. The van der Waals surface area contributed by atoms with Gasteiger partial charge in [0.25, 0.3) is 0 Å². The molecule has 0 fully saturated rings. The van der Waals surface area contributed by atoms with Crippen molar-refractivity contribution in [3.8, 4) is 5.75 Å². The van der Waals surface area contributed by atoms with Crippen molar-refractivity contribution in [2.24, 2.45) is 0 Å². The minimum Gasteiger partial charge on any atom is -0.489 e. The molecular weight excluding hydrogens is 262 g/mol. The molecule has 0 aromatic heterocycles. The summed E-state index contributed by atoms with van der Waals surface area (Å²) in [6.45, 7) is 2.20. The Labute approximate surface area is 126 Å². The van der Waals surface area contributed by atoms with Gasteiger partial charge in [-0.15, -0.1) is 0 Å². The Balaban J connectivity index is 1.93. The van der Waals surface area contributed by atoms with Crippen LogP contribution in [0, 0.1) is 0 Å². The molecule has 0 radical (unpaired) electrons. The van der Waals surface area contributed by atoms with Crippen LogP contribution >= 0.6 is 0 Å². The zero-order valence-electron chi connectivity index (χ0n) is 12.8. The Morgan fingerprint density at radius 1 is 0.952 bits per heavy atom. The van der Waals surface area contributed by atoms with Gasteiger partial charge in [0, 0.05) is 13.7 Å². The maximum atomic E-state index is 5.88. The van der Waals surface area contributed by atoms with Crippen molar-refractivity contribution in [1.29, 1.82) is 0 Å². The Morgan fingerprint density at radius 3 is 2.33 bits per heavy atom. The summed E-state index contributed by atoms with van der Waals surface area (Å²) in [5, 5.41) is 3.18. The zero-order chi connectivity index (χ0) is 14.9. The molecule has 3 nitrogen and oxygen atoms in total. The summed E-state index contributed by atoms with van der Waals surface area (Å²) < 4.78 is 11.0. The molecule has 0 aliphatic heterocycles. The molecule has 2 aromatic rings. The highest BCUT2D eigenvalue weighted by Crippen LogP contribution is 2.16. The molecule has 3 heteroatoms. The zero-order valence-corrected chi connectivity index (χ0v) is 12.8. The third-order valence-electron chi connectivity index (χ3n) is 3.40. The van der Waals surface area contributed by atoms with E-state index >= 15 is 0 Å². The minimum absolute atomic E-state index is 0.593. The highest BCUT2D eigenvalue weighted by molar-refractivity contribution is 5.30. The Bertz CT molecular complexity index is 537. The maximum absolute atomic E-state index is 5.88. The van der Waals surface area contributed by atoms with Gasteiger partial charge in [0.2, 0.25) is 0 Å². The van der Waals surface area contributed by atoms with Gasteiger partial charge in [0.05, 0.1) is 6.61 Å². The average Bonchev–Trinajstić information content (AvgIpc) is 2.53. The second-order valence-corrected chi connectivity index (χ2v) is 4.97. The van der Waals surface area contributed by atoms with E-state index in [2.05, 4.69) is 35.6 Å². The van der Waals surface area contributed by atoms with Crippen LogP contribution in [0.4, 0.5) is 0 Å². The fraction of sp³-hybridized carbons (Fsp3) is 0.333. The van der Waals surface area contributed by atoms with Crippen LogP contribution in [0.1, 0.15) is 16.7 Å². The number of hydrogen-bond donors (Lipinski definition) is 1. The molecule has 0 amide bonds. The third kappa shape index (κ3) is 4.88. The number of rotatable bonds is 8. The van der Waals surface area contributed by atoms with Crippen molar-refractivity contribution in [2.45, 2.75) is 19.6 Å². The summed E-state index contributed by atoms with van der Waals surface area (Å²) >= 11 is 0. The van der Waals surface area contributed by atoms with Crippen LogP contribution in [0.3, 0.4) is 0 Å². The number of benzene rings is 2. The standard InChI is InChI=1S/C18H23NO2/c1-19-13-16-5-3-4-6-17(16)14-21-18-9-7-15(8-10-18)11-12-20-2/h3-10,19H,11-14H2,1-2H3. The van der Waals surface area contributed by atoms with Crippen LogP contribution in [0.5, 0.6) is 5.75 Å². The fourth-order valence-electron chi connectivity index (χ4n) is 2.19. The Hall–Kier alpha value is -1.84. The van der Waals surface area contributed by atoms with Gasteiger partial charge >= 0.3 is 0 Å². The first-order chi connectivity index (χ1) is 10.3. The highest BCUT2D eigenvalue weighted by Gasteiger charge is 2.02. The van der Waals surface area contributed by atoms with Crippen LogP contribution in [0.15, 0.2) is 48.5 Å². The number of methoxy groups -OCH3 is 1. The van der Waals surface area contributed by atoms with E-state index in [1.54, 1.807) is 7.11 Å². The maximum Gasteiger partial charge on any atom is 0.119 e. The lowest BCUT2D eigenvalue weighted by Crippen LogP contribution is -2.09. The van der Waals surface area contributed by atoms with Gasteiger partial charge in [-0.2, -0.15) is 0 Å². The molecule has 112 valence electrons. The van der Waals surface area contributed by atoms with E-state index in [1.807, 2.05) is 25.2 Å². The van der Waals surface area contributed by atoms with E-state index in [1.165, 1.54) is 16.7 Å². The van der Waals surface area contributed by atoms with E-state index in [-0.39, 0.29) is 0 Å². The molecule has 0 bridgehead atoms. The highest BCUT2D eigenvalue weighted by atomic mass is 16.5. The van der Waals surface area contributed by atoms with E-state index in [9.17, 15) is 0 Å². The fourth-order valence-corrected chi connectivity index (χ4v) is 2.19. The lowest BCUT2D eigenvalue weighted by Gasteiger charge is -2.11. The van der Waals surface area contributed by atoms with Gasteiger partial charge in [-0.25, -0.2) is 0 Å². The summed E-state index contributed by atoms with van der Waals surface area (Å²) in [6.07, 6.45) is 0.932. The summed E-state index contributed by atoms with van der Waals surface area (Å²) in [4.78, 5) is 0. The van der Waals surface area contributed by atoms with Crippen LogP contribution < -0.4 is 10.1 Å². The second kappa shape index (κ2) is 8.45. The van der Waals surface area contributed by atoms with Gasteiger partial charge in [0.1, 0.15) is 12.4 Å². The summed E-state index contributed by atoms with van der Waals surface area (Å²) in [7, 11) is 3.68. The van der Waals surface area contributed by atoms with Gasteiger partial charge in [-0.05, 0) is 42.3 Å². The normalized spacial score (nSPS) is 10.6. The molecular formula is C18H23NO2. The Morgan fingerprint density at radius 2 is 1.67 bits per heavy atom.